The third kappa shape index (κ3) is 4.19. The first-order chi connectivity index (χ1) is 17.2. The minimum absolute atomic E-state index is 0.178. The fraction of sp³-hybridized carbons (Fsp3) is 0.462. The van der Waals surface area contributed by atoms with Crippen molar-refractivity contribution >= 4 is 33.8 Å². The highest BCUT2D eigenvalue weighted by Gasteiger charge is 2.26. The van der Waals surface area contributed by atoms with Crippen molar-refractivity contribution in [1.29, 1.82) is 0 Å². The molecule has 9 heteroatoms. The monoisotopic (exact) mass is 473 g/mol. The summed E-state index contributed by atoms with van der Waals surface area (Å²) in [5.74, 6) is 0.405. The number of aromatic nitrogens is 5. The number of amides is 1. The molecule has 0 bridgehead atoms. The number of hydrogen-bond acceptors (Lipinski definition) is 6. The Morgan fingerprint density at radius 3 is 2.89 bits per heavy atom. The molecule has 0 aliphatic carbocycles. The molecule has 5 heterocycles. The zero-order valence-corrected chi connectivity index (χ0v) is 20.0. The molecular formula is C26H31N7O2. The van der Waals surface area contributed by atoms with Gasteiger partial charge in [0.15, 0.2) is 0 Å². The van der Waals surface area contributed by atoms with E-state index in [-0.39, 0.29) is 11.9 Å². The van der Waals surface area contributed by atoms with E-state index in [1.807, 2.05) is 13.1 Å². The highest BCUT2D eigenvalue weighted by Crippen LogP contribution is 2.35. The molecule has 182 valence electrons. The molecule has 2 aliphatic rings. The summed E-state index contributed by atoms with van der Waals surface area (Å²) < 4.78 is 9.95. The fourth-order valence-corrected chi connectivity index (χ4v) is 5.46. The number of aryl methyl sites for hydroxylation is 1. The number of nitrogens with zero attached hydrogens (tertiary/aromatic N) is 5. The lowest BCUT2D eigenvalue weighted by Gasteiger charge is -2.23. The van der Waals surface area contributed by atoms with Crippen LogP contribution in [0.5, 0.6) is 0 Å². The molecule has 9 nitrogen and oxygen atoms in total. The number of carbonyl (C=O) groups is 1. The van der Waals surface area contributed by atoms with Gasteiger partial charge in [-0.05, 0) is 63.4 Å². The van der Waals surface area contributed by atoms with E-state index in [9.17, 15) is 4.79 Å². The summed E-state index contributed by atoms with van der Waals surface area (Å²) in [5.41, 5.74) is 4.40. The van der Waals surface area contributed by atoms with E-state index >= 15 is 0 Å². The molecular weight excluding hydrogens is 442 g/mol. The molecule has 2 aliphatic heterocycles. The maximum Gasteiger partial charge on any atom is 0.258 e. The topological polar surface area (TPSA) is 98.9 Å². The van der Waals surface area contributed by atoms with Crippen LogP contribution in [0.15, 0.2) is 36.7 Å². The number of hydrogen-bond donors (Lipinski definition) is 2. The van der Waals surface area contributed by atoms with Crippen molar-refractivity contribution in [3.05, 3.63) is 47.9 Å². The summed E-state index contributed by atoms with van der Waals surface area (Å²) in [6.07, 6.45) is 8.87. The molecule has 2 N–H and O–H groups in total. The Hall–Kier alpha value is -3.30. The normalized spacial score (nSPS) is 19.7. The Labute approximate surface area is 203 Å². The maximum absolute atomic E-state index is 13.2. The zero-order valence-electron chi connectivity index (χ0n) is 20.0. The largest absolute Gasteiger partial charge is 0.381 e. The van der Waals surface area contributed by atoms with Gasteiger partial charge in [0.05, 0.1) is 28.8 Å². The summed E-state index contributed by atoms with van der Waals surface area (Å²) in [7, 11) is 0. The van der Waals surface area contributed by atoms with Crippen LogP contribution in [-0.4, -0.2) is 56.5 Å². The smallest absolute Gasteiger partial charge is 0.258 e. The molecule has 3 aromatic heterocycles. The number of pyridine rings is 1. The first-order valence-electron chi connectivity index (χ1n) is 12.6. The van der Waals surface area contributed by atoms with Crippen molar-refractivity contribution < 1.29 is 9.53 Å². The Morgan fingerprint density at radius 2 is 2.03 bits per heavy atom. The second-order valence-electron chi connectivity index (χ2n) is 9.60. The molecule has 1 amide bonds. The summed E-state index contributed by atoms with van der Waals surface area (Å²) in [6, 6.07) is 8.23. The minimum Gasteiger partial charge on any atom is -0.381 e. The first-order valence-corrected chi connectivity index (χ1v) is 12.6. The molecule has 35 heavy (non-hydrogen) atoms. The number of rotatable bonds is 4. The van der Waals surface area contributed by atoms with Crippen molar-refractivity contribution in [1.82, 2.24) is 29.6 Å². The second-order valence-corrected chi connectivity index (χ2v) is 9.60. The molecule has 0 saturated carbocycles. The van der Waals surface area contributed by atoms with E-state index in [2.05, 4.69) is 37.0 Å². The number of carbonyl (C=O) groups excluding carboxylic acids is 1. The van der Waals surface area contributed by atoms with Gasteiger partial charge >= 0.3 is 0 Å². The quantitative estimate of drug-likeness (QED) is 0.465. The summed E-state index contributed by atoms with van der Waals surface area (Å²) in [5, 5.41) is 12.6. The number of nitrogens with one attached hydrogen (secondary N) is 2. The Balaban J connectivity index is 1.47. The maximum atomic E-state index is 13.2. The van der Waals surface area contributed by atoms with Crippen LogP contribution >= 0.6 is 0 Å². The average Bonchev–Trinajstić information content (AvgIpc) is 3.36. The van der Waals surface area contributed by atoms with E-state index in [4.69, 9.17) is 14.8 Å². The summed E-state index contributed by atoms with van der Waals surface area (Å²) in [6.45, 7) is 5.27. The van der Waals surface area contributed by atoms with Crippen LogP contribution in [0.1, 0.15) is 60.2 Å². The van der Waals surface area contributed by atoms with Gasteiger partial charge < -0.3 is 14.6 Å². The van der Waals surface area contributed by atoms with Crippen LogP contribution in [0.4, 0.5) is 5.95 Å². The molecule has 1 atom stereocenters. The van der Waals surface area contributed by atoms with Crippen LogP contribution in [0.25, 0.3) is 21.9 Å². The number of benzene rings is 1. The molecule has 6 rings (SSSR count). The minimum atomic E-state index is -0.178. The standard InChI is InChI=1S/C26H31N7O2/c1-17-14-18(7-11-28-17)25(34)31-26-30-22-5-6-23-21(16-29-33(23)19-8-12-35-13-9-19)24(22)32(26)20-4-2-3-10-27-15-20/h5-7,11,14,16,19-20,27H,2-4,8-10,12-13,15H2,1H3,(H,30,31,34)/t20-/m1/s1. The fourth-order valence-electron chi connectivity index (χ4n) is 5.46. The molecule has 4 aromatic rings. The van der Waals surface area contributed by atoms with Gasteiger partial charge in [-0.15, -0.1) is 0 Å². The summed E-state index contributed by atoms with van der Waals surface area (Å²) >= 11 is 0. The molecule has 0 unspecified atom stereocenters. The van der Waals surface area contributed by atoms with E-state index < -0.39 is 0 Å². The third-order valence-electron chi connectivity index (χ3n) is 7.23. The van der Waals surface area contributed by atoms with E-state index in [0.717, 1.165) is 86.0 Å². The Morgan fingerprint density at radius 1 is 1.14 bits per heavy atom. The van der Waals surface area contributed by atoms with Gasteiger partial charge in [0, 0.05) is 48.6 Å². The predicted molar refractivity (Wildman–Crippen MR) is 135 cm³/mol. The summed E-state index contributed by atoms with van der Waals surface area (Å²) in [4.78, 5) is 22.3. The van der Waals surface area contributed by atoms with E-state index in [1.54, 1.807) is 18.3 Å². The Bertz CT molecular complexity index is 1360. The van der Waals surface area contributed by atoms with Crippen LogP contribution < -0.4 is 10.6 Å². The predicted octanol–water partition coefficient (Wildman–Crippen LogP) is 4.01. The number of imidazole rings is 1. The number of ether oxygens (including phenoxy) is 1. The molecule has 0 spiro atoms. The van der Waals surface area contributed by atoms with Crippen molar-refractivity contribution in [2.24, 2.45) is 0 Å². The van der Waals surface area contributed by atoms with Gasteiger partial charge in [-0.3, -0.25) is 19.8 Å². The van der Waals surface area contributed by atoms with Crippen LogP contribution in [-0.2, 0) is 4.74 Å². The number of fused-ring (bicyclic) bond motifs is 3. The SMILES string of the molecule is Cc1cc(C(=O)Nc2nc3ccc4c(cnn4C4CCOCC4)c3n2[C@@H]2CCCCNC2)ccn1. The van der Waals surface area contributed by atoms with E-state index in [0.29, 0.717) is 17.6 Å². The molecule has 2 saturated heterocycles. The number of anilines is 1. The average molecular weight is 474 g/mol. The van der Waals surface area contributed by atoms with Crippen molar-refractivity contribution in [2.75, 3.05) is 31.6 Å². The third-order valence-corrected chi connectivity index (χ3v) is 7.23. The van der Waals surface area contributed by atoms with Crippen molar-refractivity contribution in [3.63, 3.8) is 0 Å². The van der Waals surface area contributed by atoms with Gasteiger partial charge in [0.1, 0.15) is 0 Å². The molecule has 1 aromatic carbocycles. The van der Waals surface area contributed by atoms with Gasteiger partial charge in [-0.25, -0.2) is 4.98 Å². The van der Waals surface area contributed by atoms with Gasteiger partial charge in [-0.2, -0.15) is 5.10 Å². The van der Waals surface area contributed by atoms with E-state index in [1.165, 1.54) is 0 Å². The lowest BCUT2D eigenvalue weighted by molar-refractivity contribution is 0.0675. The molecule has 2 fully saturated rings. The lowest BCUT2D eigenvalue weighted by atomic mass is 10.1. The van der Waals surface area contributed by atoms with Crippen molar-refractivity contribution in [3.8, 4) is 0 Å². The molecule has 0 radical (unpaired) electrons. The highest BCUT2D eigenvalue weighted by molar-refractivity contribution is 6.07. The van der Waals surface area contributed by atoms with Crippen LogP contribution in [0.3, 0.4) is 0 Å². The Kier molecular flexibility index (Phi) is 5.95. The lowest BCUT2D eigenvalue weighted by Crippen LogP contribution is -2.25. The highest BCUT2D eigenvalue weighted by atomic mass is 16.5. The van der Waals surface area contributed by atoms with Crippen LogP contribution in [0.2, 0.25) is 0 Å². The van der Waals surface area contributed by atoms with Gasteiger partial charge in [0.2, 0.25) is 5.95 Å². The van der Waals surface area contributed by atoms with Crippen LogP contribution in [0, 0.1) is 6.92 Å². The second kappa shape index (κ2) is 9.39. The van der Waals surface area contributed by atoms with Crippen molar-refractivity contribution in [2.45, 2.75) is 51.1 Å². The van der Waals surface area contributed by atoms with Gasteiger partial charge in [-0.1, -0.05) is 6.42 Å². The zero-order chi connectivity index (χ0) is 23.8. The van der Waals surface area contributed by atoms with Gasteiger partial charge in [0.25, 0.3) is 5.91 Å². The first kappa shape index (κ1) is 22.2.